The molecule has 1 fully saturated rings. The van der Waals surface area contributed by atoms with Gasteiger partial charge in [0.2, 0.25) is 0 Å². The molecule has 0 radical (unpaired) electrons. The molecule has 0 saturated heterocycles. The van der Waals surface area contributed by atoms with Gasteiger partial charge in [0, 0.05) is 6.20 Å². The van der Waals surface area contributed by atoms with Crippen LogP contribution in [0.4, 0.5) is 5.82 Å². The van der Waals surface area contributed by atoms with E-state index in [4.69, 9.17) is 0 Å². The summed E-state index contributed by atoms with van der Waals surface area (Å²) in [5.74, 6) is 1.81. The van der Waals surface area contributed by atoms with Gasteiger partial charge in [-0.25, -0.2) is 4.98 Å². The van der Waals surface area contributed by atoms with Gasteiger partial charge in [-0.2, -0.15) is 4.68 Å². The van der Waals surface area contributed by atoms with E-state index in [0.29, 0.717) is 28.9 Å². The molecule has 1 amide bonds. The maximum absolute atomic E-state index is 12.8. The first-order valence-corrected chi connectivity index (χ1v) is 10.1. The average Bonchev–Trinajstić information content (AvgIpc) is 3.21. The van der Waals surface area contributed by atoms with Crippen molar-refractivity contribution in [3.05, 3.63) is 47.3 Å². The lowest BCUT2D eigenvalue weighted by Crippen LogP contribution is -2.43. The van der Waals surface area contributed by atoms with Crippen molar-refractivity contribution in [1.82, 2.24) is 25.5 Å². The Morgan fingerprint density at radius 1 is 1.40 bits per heavy atom. The number of carbonyl (C=O) groups is 1. The van der Waals surface area contributed by atoms with Gasteiger partial charge < -0.3 is 10.4 Å². The second kappa shape index (κ2) is 8.27. The molecule has 0 bridgehead atoms. The predicted molar refractivity (Wildman–Crippen MR) is 110 cm³/mol. The molecule has 0 unspecified atom stereocenters. The Morgan fingerprint density at radius 3 is 2.93 bits per heavy atom. The minimum Gasteiger partial charge on any atom is -0.393 e. The van der Waals surface area contributed by atoms with Crippen LogP contribution in [0.1, 0.15) is 60.3 Å². The highest BCUT2D eigenvalue weighted by Crippen LogP contribution is 2.42. The number of aromatic amines is 1. The third-order valence-corrected chi connectivity index (χ3v) is 5.64. The number of aromatic nitrogens is 6. The monoisotopic (exact) mass is 408 g/mol. The quantitative estimate of drug-likeness (QED) is 0.538. The van der Waals surface area contributed by atoms with Gasteiger partial charge in [0.15, 0.2) is 5.21 Å². The van der Waals surface area contributed by atoms with Crippen molar-refractivity contribution < 1.29 is 14.6 Å². The van der Waals surface area contributed by atoms with Crippen LogP contribution in [-0.2, 0) is 0 Å². The molecular formula is C21H26N7O2+. The molecular weight excluding hydrogens is 382 g/mol. The number of anilines is 1. The van der Waals surface area contributed by atoms with Crippen LogP contribution in [0.3, 0.4) is 0 Å². The van der Waals surface area contributed by atoms with Crippen LogP contribution in [0, 0.1) is 12.8 Å². The van der Waals surface area contributed by atoms with Gasteiger partial charge in [0.1, 0.15) is 28.3 Å². The van der Waals surface area contributed by atoms with E-state index >= 15 is 0 Å². The summed E-state index contributed by atoms with van der Waals surface area (Å²) in [4.78, 5) is 21.6. The zero-order chi connectivity index (χ0) is 21.3. The molecule has 156 valence electrons. The molecule has 3 N–H and O–H groups in total. The molecule has 1 aliphatic carbocycles. The summed E-state index contributed by atoms with van der Waals surface area (Å²) in [7, 11) is 0. The Morgan fingerprint density at radius 2 is 2.20 bits per heavy atom. The van der Waals surface area contributed by atoms with E-state index in [2.05, 4.69) is 37.7 Å². The summed E-state index contributed by atoms with van der Waals surface area (Å²) in [6.45, 7) is 6.05. The van der Waals surface area contributed by atoms with Crippen LogP contribution in [0.5, 0.6) is 0 Å². The van der Waals surface area contributed by atoms with E-state index in [1.165, 1.54) is 5.56 Å². The van der Waals surface area contributed by atoms with Crippen LogP contribution < -0.4 is 10.00 Å². The van der Waals surface area contributed by atoms with Gasteiger partial charge in [-0.05, 0) is 67.9 Å². The molecule has 3 aromatic rings. The summed E-state index contributed by atoms with van der Waals surface area (Å²) in [6, 6.07) is 6.93. The van der Waals surface area contributed by atoms with E-state index in [-0.39, 0.29) is 18.6 Å². The second-order valence-electron chi connectivity index (χ2n) is 8.09. The highest BCUT2D eigenvalue weighted by Gasteiger charge is 2.29. The van der Waals surface area contributed by atoms with Gasteiger partial charge in [-0.3, -0.25) is 9.78 Å². The number of nitrogens with one attached hydrogen (secondary N) is 2. The number of aliphatic hydroxyl groups excluding tert-OH is 1. The lowest BCUT2D eigenvalue weighted by atomic mass is 9.71. The Balaban J connectivity index is 1.54. The van der Waals surface area contributed by atoms with Crippen molar-refractivity contribution in [2.24, 2.45) is 5.92 Å². The molecule has 9 nitrogen and oxygen atoms in total. The van der Waals surface area contributed by atoms with E-state index < -0.39 is 0 Å². The Bertz CT molecular complexity index is 1060. The number of hydrogen-bond acceptors (Lipinski definition) is 6. The van der Waals surface area contributed by atoms with Crippen molar-refractivity contribution in [1.29, 1.82) is 0 Å². The number of aryl methyl sites for hydroxylation is 1. The minimum absolute atomic E-state index is 0.0703. The van der Waals surface area contributed by atoms with E-state index in [1.54, 1.807) is 29.1 Å². The fraction of sp³-hybridized carbons (Fsp3) is 0.429. The molecule has 1 atom stereocenters. The molecule has 3 aromatic heterocycles. The smallest absolute Gasteiger partial charge is 0.350 e. The first-order chi connectivity index (χ1) is 14.5. The summed E-state index contributed by atoms with van der Waals surface area (Å²) in [5, 5.41) is 22.8. The van der Waals surface area contributed by atoms with Crippen LogP contribution in [0.2, 0.25) is 0 Å². The van der Waals surface area contributed by atoms with Crippen molar-refractivity contribution in [3.8, 4) is 11.5 Å². The van der Waals surface area contributed by atoms with Gasteiger partial charge in [-0.15, -0.1) is 0 Å². The van der Waals surface area contributed by atoms with Gasteiger partial charge >= 0.3 is 5.82 Å². The second-order valence-corrected chi connectivity index (χ2v) is 8.09. The average molecular weight is 408 g/mol. The van der Waals surface area contributed by atoms with Crippen molar-refractivity contribution >= 4 is 11.7 Å². The van der Waals surface area contributed by atoms with E-state index in [0.717, 1.165) is 24.3 Å². The number of pyridine rings is 2. The van der Waals surface area contributed by atoms with Gasteiger partial charge in [0.05, 0.1) is 6.61 Å². The lowest BCUT2D eigenvalue weighted by Gasteiger charge is -2.34. The van der Waals surface area contributed by atoms with Crippen LogP contribution >= 0.6 is 0 Å². The first kappa shape index (κ1) is 20.1. The zero-order valence-electron chi connectivity index (χ0n) is 17.3. The van der Waals surface area contributed by atoms with Crippen LogP contribution in [0.15, 0.2) is 30.5 Å². The summed E-state index contributed by atoms with van der Waals surface area (Å²) < 4.78 is 1.63. The van der Waals surface area contributed by atoms with E-state index in [9.17, 15) is 9.90 Å². The third-order valence-electron chi connectivity index (χ3n) is 5.64. The number of tetrazole rings is 1. The Kier molecular flexibility index (Phi) is 5.54. The number of H-pyrrole nitrogens is 1. The largest absolute Gasteiger partial charge is 0.393 e. The fourth-order valence-electron chi connectivity index (χ4n) is 3.85. The maximum atomic E-state index is 12.8. The number of aliphatic hydroxyl groups is 1. The third kappa shape index (κ3) is 3.93. The summed E-state index contributed by atoms with van der Waals surface area (Å²) in [5.41, 5.74) is 3.24. The van der Waals surface area contributed by atoms with Crippen LogP contribution in [-0.4, -0.2) is 43.1 Å². The van der Waals surface area contributed by atoms with Crippen molar-refractivity contribution in [2.75, 3.05) is 11.9 Å². The highest BCUT2D eigenvalue weighted by atomic mass is 16.3. The number of amides is 1. The number of nitrogens with zero attached hydrogens (tertiary/aromatic N) is 5. The van der Waals surface area contributed by atoms with Crippen molar-refractivity contribution in [2.45, 2.75) is 45.6 Å². The molecule has 4 rings (SSSR count). The SMILES string of the molecule is Cc1cnc(C(=O)Nc2cccc(-c3nn[nH][n+]3[C@H](C)CO)n2)cc1C1CC(C)C1. The Labute approximate surface area is 174 Å². The molecule has 1 aliphatic rings. The molecule has 0 aromatic carbocycles. The van der Waals surface area contributed by atoms with Gasteiger partial charge in [0.25, 0.3) is 5.91 Å². The molecule has 30 heavy (non-hydrogen) atoms. The molecule has 9 heteroatoms. The van der Waals surface area contributed by atoms with Crippen molar-refractivity contribution in [3.63, 3.8) is 0 Å². The fourth-order valence-corrected chi connectivity index (χ4v) is 3.85. The molecule has 0 aliphatic heterocycles. The first-order valence-electron chi connectivity index (χ1n) is 10.1. The zero-order valence-corrected chi connectivity index (χ0v) is 17.3. The minimum atomic E-state index is -0.301. The number of carbonyl (C=O) groups excluding carboxylic acids is 1. The topological polar surface area (TPSA) is 121 Å². The molecule has 0 spiro atoms. The molecule has 1 saturated carbocycles. The predicted octanol–water partition coefficient (Wildman–Crippen LogP) is 2.18. The maximum Gasteiger partial charge on any atom is 0.350 e. The highest BCUT2D eigenvalue weighted by molar-refractivity contribution is 6.02. The van der Waals surface area contributed by atoms with Gasteiger partial charge in [-0.1, -0.05) is 18.2 Å². The Hall–Kier alpha value is -3.20. The number of hydrogen-bond donors (Lipinski definition) is 3. The summed E-state index contributed by atoms with van der Waals surface area (Å²) in [6.07, 6.45) is 4.07. The van der Waals surface area contributed by atoms with Crippen LogP contribution in [0.25, 0.3) is 11.5 Å². The lowest BCUT2D eigenvalue weighted by molar-refractivity contribution is -0.766. The standard InChI is InChI=1S/C21H25N7O2/c1-12-7-15(8-12)16-9-18(22-10-13(16)2)21(30)24-19-6-4-5-17(23-19)20-25-26-27-28(20)14(3)11-29/h4-6,9-10,12,14-15,29H,7-8,11H2,1-3H3,(H,23,24,30)/p+1/t12?,14-,15?/m1/s1. The van der Waals surface area contributed by atoms with E-state index in [1.807, 2.05) is 19.9 Å². The summed E-state index contributed by atoms with van der Waals surface area (Å²) >= 11 is 0. The molecule has 3 heterocycles. The normalized spacial score (nSPS) is 19.2. The number of rotatable bonds is 6.